The van der Waals surface area contributed by atoms with Gasteiger partial charge in [-0.1, -0.05) is 0 Å². The molecule has 0 radical (unpaired) electrons. The molecule has 5 nitrogen and oxygen atoms in total. The number of nitrogen functional groups attached to an aromatic ring is 1. The van der Waals surface area contributed by atoms with Crippen molar-refractivity contribution < 1.29 is 0 Å². The van der Waals surface area contributed by atoms with E-state index in [1.54, 1.807) is 18.3 Å². The lowest BCUT2D eigenvalue weighted by Gasteiger charge is -1.95. The Bertz CT molecular complexity index is 476. The third kappa shape index (κ3) is 0.914. The Balaban J connectivity index is 2.93. The van der Waals surface area contributed by atoms with E-state index in [9.17, 15) is 4.79 Å². The van der Waals surface area contributed by atoms with E-state index in [2.05, 4.69) is 15.0 Å². The highest BCUT2D eigenvalue weighted by Crippen LogP contribution is 2.01. The summed E-state index contributed by atoms with van der Waals surface area (Å²) in [5.41, 5.74) is 5.96. The molecule has 0 saturated heterocycles. The van der Waals surface area contributed by atoms with E-state index in [-0.39, 0.29) is 11.4 Å². The second kappa shape index (κ2) is 2.30. The second-order valence-electron chi connectivity index (χ2n) is 2.33. The molecule has 2 aromatic heterocycles. The average molecular weight is 162 g/mol. The third-order valence-electron chi connectivity index (χ3n) is 1.49. The van der Waals surface area contributed by atoms with Crippen LogP contribution in [0.5, 0.6) is 0 Å². The fraction of sp³-hybridized carbons (Fsp3) is 0. The fourth-order valence-electron chi connectivity index (χ4n) is 0.935. The van der Waals surface area contributed by atoms with Crippen LogP contribution in [-0.2, 0) is 0 Å². The maximum atomic E-state index is 11.0. The predicted octanol–water partition coefficient (Wildman–Crippen LogP) is -0.0997. The molecular formula is C7H6N4O. The molecule has 0 bridgehead atoms. The number of pyridine rings is 1. The number of hydrogen-bond acceptors (Lipinski definition) is 4. The summed E-state index contributed by atoms with van der Waals surface area (Å²) in [5, 5.41) is 0. The molecule has 0 amide bonds. The van der Waals surface area contributed by atoms with Crippen molar-refractivity contribution in [3.05, 3.63) is 28.7 Å². The second-order valence-corrected chi connectivity index (χ2v) is 2.33. The van der Waals surface area contributed by atoms with Gasteiger partial charge in [-0.15, -0.1) is 0 Å². The molecule has 0 aliphatic rings. The van der Waals surface area contributed by atoms with Crippen molar-refractivity contribution in [3.8, 4) is 0 Å². The highest BCUT2D eigenvalue weighted by atomic mass is 16.1. The first-order chi connectivity index (χ1) is 5.77. The van der Waals surface area contributed by atoms with E-state index >= 15 is 0 Å². The number of anilines is 1. The van der Waals surface area contributed by atoms with Gasteiger partial charge in [0.2, 0.25) is 0 Å². The molecular weight excluding hydrogens is 156 g/mol. The number of H-pyrrole nitrogens is 1. The van der Waals surface area contributed by atoms with Gasteiger partial charge in [0, 0.05) is 6.20 Å². The number of aromatic nitrogens is 3. The topological polar surface area (TPSA) is 84.7 Å². The normalized spacial score (nSPS) is 10.3. The Morgan fingerprint density at radius 3 is 3.17 bits per heavy atom. The molecule has 0 saturated carbocycles. The summed E-state index contributed by atoms with van der Waals surface area (Å²) >= 11 is 0. The van der Waals surface area contributed by atoms with Gasteiger partial charge in [-0.2, -0.15) is 0 Å². The van der Waals surface area contributed by atoms with E-state index < -0.39 is 0 Å². The van der Waals surface area contributed by atoms with Crippen LogP contribution < -0.4 is 11.3 Å². The molecule has 60 valence electrons. The molecule has 0 aromatic carbocycles. The first-order valence-electron chi connectivity index (χ1n) is 3.38. The first-order valence-corrected chi connectivity index (χ1v) is 3.38. The highest BCUT2D eigenvalue weighted by Gasteiger charge is 1.99. The van der Waals surface area contributed by atoms with Crippen molar-refractivity contribution in [3.63, 3.8) is 0 Å². The van der Waals surface area contributed by atoms with E-state index in [1.807, 2.05) is 0 Å². The monoisotopic (exact) mass is 162 g/mol. The van der Waals surface area contributed by atoms with Crippen LogP contribution in [0.2, 0.25) is 0 Å². The average Bonchev–Trinajstić information content (AvgIpc) is 2.07. The third-order valence-corrected chi connectivity index (χ3v) is 1.49. The van der Waals surface area contributed by atoms with Gasteiger partial charge >= 0.3 is 0 Å². The molecule has 2 heterocycles. The van der Waals surface area contributed by atoms with Crippen LogP contribution in [-0.4, -0.2) is 15.0 Å². The number of rotatable bonds is 0. The number of nitrogens with two attached hydrogens (primary N) is 1. The molecule has 2 rings (SSSR count). The quantitative estimate of drug-likeness (QED) is 0.566. The van der Waals surface area contributed by atoms with Crippen LogP contribution in [0.4, 0.5) is 5.82 Å². The first kappa shape index (κ1) is 6.78. The van der Waals surface area contributed by atoms with E-state index in [4.69, 9.17) is 5.73 Å². The maximum Gasteiger partial charge on any atom is 0.291 e. The summed E-state index contributed by atoms with van der Waals surface area (Å²) in [6, 6.07) is 3.44. The summed E-state index contributed by atoms with van der Waals surface area (Å²) in [5.74, 6) is -0.0544. The van der Waals surface area contributed by atoms with Gasteiger partial charge in [-0.25, -0.2) is 9.97 Å². The van der Waals surface area contributed by atoms with Gasteiger partial charge in [-0.3, -0.25) is 4.79 Å². The number of fused-ring (bicyclic) bond motifs is 1. The lowest BCUT2D eigenvalue weighted by Crippen LogP contribution is -2.13. The minimum Gasteiger partial charge on any atom is -0.379 e. The van der Waals surface area contributed by atoms with Crippen LogP contribution in [0.25, 0.3) is 11.2 Å². The minimum atomic E-state index is -0.379. The summed E-state index contributed by atoms with van der Waals surface area (Å²) < 4.78 is 0. The minimum absolute atomic E-state index is 0.0544. The van der Waals surface area contributed by atoms with Crippen molar-refractivity contribution >= 4 is 17.0 Å². The van der Waals surface area contributed by atoms with Gasteiger partial charge in [0.25, 0.3) is 5.56 Å². The Morgan fingerprint density at radius 1 is 1.50 bits per heavy atom. The van der Waals surface area contributed by atoms with E-state index in [0.717, 1.165) is 0 Å². The van der Waals surface area contributed by atoms with Gasteiger partial charge < -0.3 is 10.7 Å². The zero-order chi connectivity index (χ0) is 8.55. The molecule has 0 aliphatic carbocycles. The van der Waals surface area contributed by atoms with Crippen LogP contribution in [0.1, 0.15) is 0 Å². The van der Waals surface area contributed by atoms with Gasteiger partial charge in [0.1, 0.15) is 0 Å². The number of nitrogens with zero attached hydrogens (tertiary/aromatic N) is 2. The molecule has 12 heavy (non-hydrogen) atoms. The molecule has 3 N–H and O–H groups in total. The Kier molecular flexibility index (Phi) is 1.30. The summed E-state index contributed by atoms with van der Waals surface area (Å²) in [7, 11) is 0. The Labute approximate surface area is 67.3 Å². The molecule has 0 unspecified atom stereocenters. The van der Waals surface area contributed by atoms with Crippen molar-refractivity contribution in [2.45, 2.75) is 0 Å². The van der Waals surface area contributed by atoms with Crippen LogP contribution >= 0.6 is 0 Å². The number of hydrogen-bond donors (Lipinski definition) is 2. The number of aromatic amines is 1. The van der Waals surface area contributed by atoms with E-state index in [1.165, 1.54) is 0 Å². The molecule has 2 aromatic rings. The van der Waals surface area contributed by atoms with Gasteiger partial charge in [0.15, 0.2) is 11.5 Å². The van der Waals surface area contributed by atoms with Crippen molar-refractivity contribution in [1.29, 1.82) is 0 Å². The Hall–Kier alpha value is -1.91. The predicted molar refractivity (Wildman–Crippen MR) is 44.6 cm³/mol. The fourth-order valence-corrected chi connectivity index (χ4v) is 0.935. The summed E-state index contributed by atoms with van der Waals surface area (Å²) in [6.07, 6.45) is 1.59. The van der Waals surface area contributed by atoms with Crippen molar-refractivity contribution in [1.82, 2.24) is 15.0 Å². The van der Waals surface area contributed by atoms with Crippen LogP contribution in [0.3, 0.4) is 0 Å². The Morgan fingerprint density at radius 2 is 2.33 bits per heavy atom. The van der Waals surface area contributed by atoms with Crippen LogP contribution in [0.15, 0.2) is 23.1 Å². The zero-order valence-electron chi connectivity index (χ0n) is 6.11. The number of nitrogens with one attached hydrogen (secondary N) is 1. The lowest BCUT2D eigenvalue weighted by molar-refractivity contribution is 1.18. The smallest absolute Gasteiger partial charge is 0.291 e. The standard InChI is InChI=1S/C7H6N4O/c8-5-7(12)10-4-2-1-3-9-6(4)11-5/h1-3H,(H,10,12)(H2,8,9,11). The summed E-state index contributed by atoms with van der Waals surface area (Å²) in [6.45, 7) is 0. The van der Waals surface area contributed by atoms with Crippen LogP contribution in [0, 0.1) is 0 Å². The van der Waals surface area contributed by atoms with Crippen molar-refractivity contribution in [2.24, 2.45) is 0 Å². The van der Waals surface area contributed by atoms with E-state index in [0.29, 0.717) is 11.2 Å². The molecule has 5 heteroatoms. The molecule has 0 atom stereocenters. The van der Waals surface area contributed by atoms with Crippen molar-refractivity contribution in [2.75, 3.05) is 5.73 Å². The zero-order valence-corrected chi connectivity index (χ0v) is 6.11. The van der Waals surface area contributed by atoms with Gasteiger partial charge in [0.05, 0.1) is 5.52 Å². The molecule has 0 spiro atoms. The molecule has 0 fully saturated rings. The molecule has 0 aliphatic heterocycles. The SMILES string of the molecule is Nc1nc2ncccc2[nH]c1=O. The highest BCUT2D eigenvalue weighted by molar-refractivity contribution is 5.70. The maximum absolute atomic E-state index is 11.0. The lowest BCUT2D eigenvalue weighted by atomic mass is 10.4. The largest absolute Gasteiger partial charge is 0.379 e. The summed E-state index contributed by atoms with van der Waals surface area (Å²) in [4.78, 5) is 21.2. The van der Waals surface area contributed by atoms with Gasteiger partial charge in [-0.05, 0) is 12.1 Å².